The molecule has 0 unspecified atom stereocenters. The van der Waals surface area contributed by atoms with Crippen molar-refractivity contribution < 1.29 is 0 Å². The van der Waals surface area contributed by atoms with Crippen molar-refractivity contribution >= 4 is 10.9 Å². The van der Waals surface area contributed by atoms with E-state index in [2.05, 4.69) is 15.6 Å². The van der Waals surface area contributed by atoms with Gasteiger partial charge >= 0.3 is 0 Å². The Kier molecular flexibility index (Phi) is 2.54. The van der Waals surface area contributed by atoms with Gasteiger partial charge in [-0.1, -0.05) is 6.07 Å². The van der Waals surface area contributed by atoms with Gasteiger partial charge in [0, 0.05) is 36.0 Å². The Morgan fingerprint density at radius 1 is 1.11 bits per heavy atom. The van der Waals surface area contributed by atoms with Crippen LogP contribution in [0.15, 0.2) is 55.0 Å². The quantitative estimate of drug-likeness (QED) is 0.682. The van der Waals surface area contributed by atoms with E-state index in [1.807, 2.05) is 42.6 Å². The molecule has 0 bridgehead atoms. The Morgan fingerprint density at radius 2 is 1.94 bits per heavy atom. The van der Waals surface area contributed by atoms with Crippen molar-refractivity contribution in [1.29, 1.82) is 5.26 Å². The Hall–Kier alpha value is -2.60. The van der Waals surface area contributed by atoms with Crippen molar-refractivity contribution in [3.8, 4) is 6.07 Å². The maximum absolute atomic E-state index is 9.07. The van der Waals surface area contributed by atoms with Crippen molar-refractivity contribution in [3.05, 3.63) is 66.1 Å². The third kappa shape index (κ3) is 1.74. The Labute approximate surface area is 105 Å². The molecule has 0 radical (unpaired) electrons. The molecule has 3 rings (SSSR count). The van der Waals surface area contributed by atoms with Gasteiger partial charge in [0.15, 0.2) is 0 Å². The molecular formula is C15H11N3. The topological polar surface area (TPSA) is 41.6 Å². The summed E-state index contributed by atoms with van der Waals surface area (Å²) in [5.41, 5.74) is 3.01. The highest BCUT2D eigenvalue weighted by molar-refractivity contribution is 5.86. The zero-order chi connectivity index (χ0) is 12.4. The molecule has 0 amide bonds. The van der Waals surface area contributed by atoms with Gasteiger partial charge in [-0.15, -0.1) is 0 Å². The lowest BCUT2D eigenvalue weighted by molar-refractivity contribution is 0.835. The van der Waals surface area contributed by atoms with Gasteiger partial charge in [-0.05, 0) is 35.9 Å². The highest BCUT2D eigenvalue weighted by atomic mass is 14.9. The first kappa shape index (κ1) is 10.5. The van der Waals surface area contributed by atoms with Crippen LogP contribution in [0.5, 0.6) is 0 Å². The maximum Gasteiger partial charge on any atom is 0.0998 e. The van der Waals surface area contributed by atoms with Gasteiger partial charge in [0.1, 0.15) is 0 Å². The number of aromatic nitrogens is 2. The normalized spacial score (nSPS) is 10.4. The minimum atomic E-state index is 0.723. The van der Waals surface area contributed by atoms with Crippen LogP contribution in [0.4, 0.5) is 0 Å². The first-order valence-corrected chi connectivity index (χ1v) is 5.75. The standard InChI is InChI=1S/C15H11N3/c16-10-13-2-1-3-15-14(13)6-9-18(15)11-12-4-7-17-8-5-12/h1-9H,11H2. The molecule has 3 heteroatoms. The van der Waals surface area contributed by atoms with Crippen LogP contribution in [0, 0.1) is 11.3 Å². The lowest BCUT2D eigenvalue weighted by Gasteiger charge is -2.05. The number of nitrogens with zero attached hydrogens (tertiary/aromatic N) is 3. The molecule has 2 heterocycles. The number of nitriles is 1. The predicted molar refractivity (Wildman–Crippen MR) is 70.0 cm³/mol. The van der Waals surface area contributed by atoms with Crippen molar-refractivity contribution in [3.63, 3.8) is 0 Å². The van der Waals surface area contributed by atoms with E-state index < -0.39 is 0 Å². The van der Waals surface area contributed by atoms with E-state index >= 15 is 0 Å². The van der Waals surface area contributed by atoms with E-state index in [9.17, 15) is 0 Å². The molecule has 3 aromatic rings. The van der Waals surface area contributed by atoms with Crippen LogP contribution in [-0.4, -0.2) is 9.55 Å². The second-order valence-corrected chi connectivity index (χ2v) is 4.15. The van der Waals surface area contributed by atoms with Gasteiger partial charge in [0.2, 0.25) is 0 Å². The molecule has 0 aliphatic rings. The largest absolute Gasteiger partial charge is 0.343 e. The fourth-order valence-corrected chi connectivity index (χ4v) is 2.14. The third-order valence-electron chi connectivity index (χ3n) is 3.04. The van der Waals surface area contributed by atoms with E-state index in [0.29, 0.717) is 0 Å². The zero-order valence-electron chi connectivity index (χ0n) is 9.74. The number of benzene rings is 1. The molecule has 86 valence electrons. The Morgan fingerprint density at radius 3 is 2.72 bits per heavy atom. The number of rotatable bonds is 2. The summed E-state index contributed by atoms with van der Waals surface area (Å²) in [6, 6.07) is 14.0. The minimum Gasteiger partial charge on any atom is -0.343 e. The molecular weight excluding hydrogens is 222 g/mol. The van der Waals surface area contributed by atoms with E-state index in [4.69, 9.17) is 5.26 Å². The van der Waals surface area contributed by atoms with Crippen molar-refractivity contribution in [2.45, 2.75) is 6.54 Å². The van der Waals surface area contributed by atoms with Crippen molar-refractivity contribution in [2.24, 2.45) is 0 Å². The molecule has 0 saturated heterocycles. The van der Waals surface area contributed by atoms with Crippen LogP contribution in [0.2, 0.25) is 0 Å². The summed E-state index contributed by atoms with van der Waals surface area (Å²) in [7, 11) is 0. The van der Waals surface area contributed by atoms with E-state index in [1.165, 1.54) is 5.56 Å². The summed E-state index contributed by atoms with van der Waals surface area (Å²) < 4.78 is 2.14. The van der Waals surface area contributed by atoms with Crippen LogP contribution >= 0.6 is 0 Å². The third-order valence-corrected chi connectivity index (χ3v) is 3.04. The summed E-state index contributed by atoms with van der Waals surface area (Å²) in [6.07, 6.45) is 5.61. The molecule has 3 nitrogen and oxygen atoms in total. The number of pyridine rings is 1. The molecule has 0 atom stereocenters. The van der Waals surface area contributed by atoms with Crippen molar-refractivity contribution in [2.75, 3.05) is 0 Å². The summed E-state index contributed by atoms with van der Waals surface area (Å²) in [6.45, 7) is 0.793. The van der Waals surface area contributed by atoms with Gasteiger partial charge in [-0.3, -0.25) is 4.98 Å². The summed E-state index contributed by atoms with van der Waals surface area (Å²) in [5, 5.41) is 10.1. The summed E-state index contributed by atoms with van der Waals surface area (Å²) in [5.74, 6) is 0. The summed E-state index contributed by atoms with van der Waals surface area (Å²) >= 11 is 0. The highest BCUT2D eigenvalue weighted by Crippen LogP contribution is 2.20. The van der Waals surface area contributed by atoms with Gasteiger partial charge in [-0.2, -0.15) is 5.26 Å². The fourth-order valence-electron chi connectivity index (χ4n) is 2.14. The van der Waals surface area contributed by atoms with Gasteiger partial charge in [-0.25, -0.2) is 0 Å². The minimum absolute atomic E-state index is 0.723. The number of hydrogen-bond donors (Lipinski definition) is 0. The molecule has 18 heavy (non-hydrogen) atoms. The number of hydrogen-bond acceptors (Lipinski definition) is 2. The molecule has 0 saturated carbocycles. The molecule has 0 fully saturated rings. The molecule has 2 aromatic heterocycles. The average molecular weight is 233 g/mol. The van der Waals surface area contributed by atoms with Crippen LogP contribution < -0.4 is 0 Å². The SMILES string of the molecule is N#Cc1cccc2c1ccn2Cc1ccncc1. The van der Waals surface area contributed by atoms with E-state index in [-0.39, 0.29) is 0 Å². The lowest BCUT2D eigenvalue weighted by Crippen LogP contribution is -1.97. The Bertz CT molecular complexity index is 720. The van der Waals surface area contributed by atoms with Crippen LogP contribution in [0.3, 0.4) is 0 Å². The second kappa shape index (κ2) is 4.34. The van der Waals surface area contributed by atoms with E-state index in [0.717, 1.165) is 23.0 Å². The van der Waals surface area contributed by atoms with Crippen LogP contribution in [0.1, 0.15) is 11.1 Å². The Balaban J connectivity index is 2.07. The van der Waals surface area contributed by atoms with Crippen LogP contribution in [0.25, 0.3) is 10.9 Å². The monoisotopic (exact) mass is 233 g/mol. The average Bonchev–Trinajstić information content (AvgIpc) is 2.83. The maximum atomic E-state index is 9.07. The zero-order valence-corrected chi connectivity index (χ0v) is 9.74. The molecule has 0 N–H and O–H groups in total. The molecule has 0 aliphatic heterocycles. The lowest BCUT2D eigenvalue weighted by atomic mass is 10.1. The first-order valence-electron chi connectivity index (χ1n) is 5.75. The molecule has 0 aliphatic carbocycles. The summed E-state index contributed by atoms with van der Waals surface area (Å²) in [4.78, 5) is 4.01. The predicted octanol–water partition coefficient (Wildman–Crippen LogP) is 2.96. The van der Waals surface area contributed by atoms with Gasteiger partial charge < -0.3 is 4.57 Å². The van der Waals surface area contributed by atoms with Gasteiger partial charge in [0.05, 0.1) is 11.6 Å². The second-order valence-electron chi connectivity index (χ2n) is 4.15. The van der Waals surface area contributed by atoms with Crippen molar-refractivity contribution in [1.82, 2.24) is 9.55 Å². The molecule has 1 aromatic carbocycles. The first-order chi connectivity index (χ1) is 8.88. The highest BCUT2D eigenvalue weighted by Gasteiger charge is 2.05. The van der Waals surface area contributed by atoms with Crippen LogP contribution in [-0.2, 0) is 6.54 Å². The smallest absolute Gasteiger partial charge is 0.0998 e. The van der Waals surface area contributed by atoms with E-state index in [1.54, 1.807) is 12.4 Å². The fraction of sp³-hybridized carbons (Fsp3) is 0.0667. The van der Waals surface area contributed by atoms with Gasteiger partial charge in [0.25, 0.3) is 0 Å². The molecule has 0 spiro atoms. The number of fused-ring (bicyclic) bond motifs is 1.